The van der Waals surface area contributed by atoms with Gasteiger partial charge in [-0.05, 0) is 57.6 Å². The predicted octanol–water partition coefficient (Wildman–Crippen LogP) is 4.15. The zero-order valence-electron chi connectivity index (χ0n) is 10.7. The number of nitrogens with zero attached hydrogens (tertiary/aromatic N) is 1. The molecular weight excluding hydrogens is 326 g/mol. The summed E-state index contributed by atoms with van der Waals surface area (Å²) in [6, 6.07) is 7.44. The average Bonchev–Trinajstić information content (AvgIpc) is 2.74. The molecule has 0 fully saturated rings. The molecule has 0 amide bonds. The van der Waals surface area contributed by atoms with E-state index in [-0.39, 0.29) is 0 Å². The molecule has 0 bridgehead atoms. The standard InChI is InChI=1S/C14H14BrNO2S/c1-9-3-4-11(14(17)18)12(5-9)16(2)7-10-6-13(15)19-8-10/h3-6,8H,7H2,1-2H3,(H,17,18). The van der Waals surface area contributed by atoms with Gasteiger partial charge in [0, 0.05) is 13.6 Å². The van der Waals surface area contributed by atoms with E-state index in [4.69, 9.17) is 0 Å². The number of carboxylic acid groups (broad SMARTS) is 1. The first-order valence-electron chi connectivity index (χ1n) is 5.75. The van der Waals surface area contributed by atoms with E-state index in [0.29, 0.717) is 12.1 Å². The number of anilines is 1. The first-order valence-corrected chi connectivity index (χ1v) is 7.42. The molecule has 2 aromatic rings. The number of hydrogen-bond donors (Lipinski definition) is 1. The van der Waals surface area contributed by atoms with Crippen molar-refractivity contribution in [2.24, 2.45) is 0 Å². The van der Waals surface area contributed by atoms with Crippen molar-refractivity contribution in [1.82, 2.24) is 0 Å². The van der Waals surface area contributed by atoms with Gasteiger partial charge in [0.15, 0.2) is 0 Å². The third-order valence-corrected chi connectivity index (χ3v) is 4.39. The molecule has 0 aliphatic carbocycles. The van der Waals surface area contributed by atoms with Gasteiger partial charge in [-0.2, -0.15) is 0 Å². The fraction of sp³-hybridized carbons (Fsp3) is 0.214. The Bertz CT molecular complexity index is 609. The highest BCUT2D eigenvalue weighted by Gasteiger charge is 2.14. The zero-order chi connectivity index (χ0) is 14.0. The highest BCUT2D eigenvalue weighted by atomic mass is 79.9. The van der Waals surface area contributed by atoms with Crippen molar-refractivity contribution in [3.63, 3.8) is 0 Å². The van der Waals surface area contributed by atoms with Crippen LogP contribution in [0.25, 0.3) is 0 Å². The van der Waals surface area contributed by atoms with E-state index >= 15 is 0 Å². The number of aromatic carboxylic acids is 1. The van der Waals surface area contributed by atoms with Crippen molar-refractivity contribution < 1.29 is 9.90 Å². The maximum Gasteiger partial charge on any atom is 0.337 e. The van der Waals surface area contributed by atoms with Gasteiger partial charge in [0.05, 0.1) is 15.0 Å². The van der Waals surface area contributed by atoms with Crippen LogP contribution >= 0.6 is 27.3 Å². The minimum atomic E-state index is -0.895. The number of aryl methyl sites for hydroxylation is 1. The third kappa shape index (κ3) is 3.36. The molecule has 100 valence electrons. The van der Waals surface area contributed by atoms with E-state index in [9.17, 15) is 9.90 Å². The second kappa shape index (κ2) is 5.75. The summed E-state index contributed by atoms with van der Waals surface area (Å²) in [6.45, 7) is 2.65. The van der Waals surface area contributed by atoms with E-state index in [0.717, 1.165) is 20.6 Å². The number of benzene rings is 1. The zero-order valence-corrected chi connectivity index (χ0v) is 13.1. The van der Waals surface area contributed by atoms with Gasteiger partial charge in [0.1, 0.15) is 0 Å². The summed E-state index contributed by atoms with van der Waals surface area (Å²) in [6.07, 6.45) is 0. The lowest BCUT2D eigenvalue weighted by Gasteiger charge is -2.21. The summed E-state index contributed by atoms with van der Waals surface area (Å²) in [5.41, 5.74) is 3.30. The van der Waals surface area contributed by atoms with Crippen LogP contribution in [-0.2, 0) is 6.54 Å². The molecule has 0 aliphatic rings. The first-order chi connectivity index (χ1) is 8.97. The quantitative estimate of drug-likeness (QED) is 0.909. The molecule has 0 unspecified atom stereocenters. The van der Waals surface area contributed by atoms with Gasteiger partial charge in [-0.3, -0.25) is 0 Å². The van der Waals surface area contributed by atoms with E-state index in [2.05, 4.69) is 27.4 Å². The number of halogens is 1. The van der Waals surface area contributed by atoms with Crippen LogP contribution in [0.5, 0.6) is 0 Å². The monoisotopic (exact) mass is 339 g/mol. The van der Waals surface area contributed by atoms with Gasteiger partial charge in [0.25, 0.3) is 0 Å². The molecule has 0 saturated carbocycles. The van der Waals surface area contributed by atoms with Crippen LogP contribution in [-0.4, -0.2) is 18.1 Å². The molecule has 0 atom stereocenters. The largest absolute Gasteiger partial charge is 0.478 e. The predicted molar refractivity (Wildman–Crippen MR) is 82.3 cm³/mol. The number of rotatable bonds is 4. The van der Waals surface area contributed by atoms with E-state index in [1.807, 2.05) is 31.0 Å². The molecule has 1 N–H and O–H groups in total. The Kier molecular flexibility index (Phi) is 4.27. The van der Waals surface area contributed by atoms with Gasteiger partial charge < -0.3 is 10.0 Å². The highest BCUT2D eigenvalue weighted by molar-refractivity contribution is 9.11. The van der Waals surface area contributed by atoms with Crippen molar-refractivity contribution in [2.45, 2.75) is 13.5 Å². The van der Waals surface area contributed by atoms with Gasteiger partial charge in [-0.15, -0.1) is 11.3 Å². The highest BCUT2D eigenvalue weighted by Crippen LogP contribution is 2.26. The van der Waals surface area contributed by atoms with Crippen molar-refractivity contribution in [3.05, 3.63) is 50.1 Å². The Morgan fingerprint density at radius 3 is 2.74 bits per heavy atom. The molecule has 1 aromatic heterocycles. The van der Waals surface area contributed by atoms with E-state index < -0.39 is 5.97 Å². The Hall–Kier alpha value is -1.33. The maximum absolute atomic E-state index is 11.3. The second-order valence-electron chi connectivity index (χ2n) is 4.44. The summed E-state index contributed by atoms with van der Waals surface area (Å²) in [7, 11) is 1.91. The van der Waals surface area contributed by atoms with Crippen molar-refractivity contribution >= 4 is 38.9 Å². The van der Waals surface area contributed by atoms with Gasteiger partial charge in [0.2, 0.25) is 0 Å². The fourth-order valence-electron chi connectivity index (χ4n) is 1.93. The fourth-order valence-corrected chi connectivity index (χ4v) is 3.13. The molecule has 19 heavy (non-hydrogen) atoms. The lowest BCUT2D eigenvalue weighted by molar-refractivity contribution is 0.0697. The second-order valence-corrected chi connectivity index (χ2v) is 6.73. The minimum absolute atomic E-state index is 0.336. The van der Waals surface area contributed by atoms with Crippen LogP contribution in [0.3, 0.4) is 0 Å². The van der Waals surface area contributed by atoms with E-state index in [1.165, 1.54) is 0 Å². The summed E-state index contributed by atoms with van der Waals surface area (Å²) >= 11 is 5.06. The first kappa shape index (κ1) is 14.1. The number of thiophene rings is 1. The molecule has 1 heterocycles. The smallest absolute Gasteiger partial charge is 0.337 e. The molecule has 0 radical (unpaired) electrons. The molecule has 3 nitrogen and oxygen atoms in total. The van der Waals surface area contributed by atoms with Crippen LogP contribution in [0.2, 0.25) is 0 Å². The summed E-state index contributed by atoms with van der Waals surface area (Å²) < 4.78 is 1.08. The van der Waals surface area contributed by atoms with Gasteiger partial charge in [-0.1, -0.05) is 6.07 Å². The molecule has 0 saturated heterocycles. The molecule has 5 heteroatoms. The third-order valence-electron chi connectivity index (χ3n) is 2.84. The topological polar surface area (TPSA) is 40.5 Å². The Labute approximate surface area is 124 Å². The Morgan fingerprint density at radius 2 is 2.16 bits per heavy atom. The number of hydrogen-bond acceptors (Lipinski definition) is 3. The SMILES string of the molecule is Cc1ccc(C(=O)O)c(N(C)Cc2csc(Br)c2)c1. The maximum atomic E-state index is 11.3. The van der Waals surface area contributed by atoms with Crippen LogP contribution < -0.4 is 4.90 Å². The molecular formula is C14H14BrNO2S. The van der Waals surface area contributed by atoms with Crippen molar-refractivity contribution in [3.8, 4) is 0 Å². The average molecular weight is 340 g/mol. The Morgan fingerprint density at radius 1 is 1.42 bits per heavy atom. The van der Waals surface area contributed by atoms with Crippen LogP contribution in [0.1, 0.15) is 21.5 Å². The normalized spacial score (nSPS) is 10.5. The molecule has 0 spiro atoms. The summed E-state index contributed by atoms with van der Waals surface area (Å²) in [5, 5.41) is 11.3. The molecule has 0 aliphatic heterocycles. The molecule has 1 aromatic carbocycles. The van der Waals surface area contributed by atoms with Gasteiger partial charge in [-0.25, -0.2) is 4.79 Å². The van der Waals surface area contributed by atoms with Crippen molar-refractivity contribution in [1.29, 1.82) is 0 Å². The molecule has 2 rings (SSSR count). The summed E-state index contributed by atoms with van der Waals surface area (Å²) in [4.78, 5) is 13.2. The van der Waals surface area contributed by atoms with E-state index in [1.54, 1.807) is 17.4 Å². The summed E-state index contributed by atoms with van der Waals surface area (Å²) in [5.74, 6) is -0.895. The van der Waals surface area contributed by atoms with Crippen molar-refractivity contribution in [2.75, 3.05) is 11.9 Å². The van der Waals surface area contributed by atoms with Gasteiger partial charge >= 0.3 is 5.97 Å². The Balaban J connectivity index is 2.29. The minimum Gasteiger partial charge on any atom is -0.478 e. The number of carboxylic acids is 1. The van der Waals surface area contributed by atoms with Crippen LogP contribution in [0, 0.1) is 6.92 Å². The lowest BCUT2D eigenvalue weighted by atomic mass is 10.1. The van der Waals surface area contributed by atoms with Crippen LogP contribution in [0.4, 0.5) is 5.69 Å². The lowest BCUT2D eigenvalue weighted by Crippen LogP contribution is -2.19. The number of carbonyl (C=O) groups is 1. The van der Waals surface area contributed by atoms with Crippen LogP contribution in [0.15, 0.2) is 33.4 Å².